The van der Waals surface area contributed by atoms with Crippen molar-refractivity contribution in [2.75, 3.05) is 18.8 Å². The summed E-state index contributed by atoms with van der Waals surface area (Å²) in [4.78, 5) is 13.7. The first-order chi connectivity index (χ1) is 7.15. The molecule has 1 fully saturated rings. The van der Waals surface area contributed by atoms with Gasteiger partial charge in [0.1, 0.15) is 0 Å². The molecule has 1 aliphatic heterocycles. The highest BCUT2D eigenvalue weighted by Gasteiger charge is 2.27. The predicted molar refractivity (Wildman–Crippen MR) is 64.0 cm³/mol. The average molecular weight is 231 g/mol. The van der Waals surface area contributed by atoms with E-state index in [4.69, 9.17) is 0 Å². The van der Waals surface area contributed by atoms with Gasteiger partial charge in [0.05, 0.1) is 11.4 Å². The van der Waals surface area contributed by atoms with Crippen LogP contribution in [0.25, 0.3) is 0 Å². The Labute approximate surface area is 96.2 Å². The molecule has 0 saturated carbocycles. The third-order valence-corrected chi connectivity index (χ3v) is 3.91. The monoisotopic (exact) mass is 231 g/mol. The molecule has 0 aromatic carbocycles. The largest absolute Gasteiger partial charge is 0.391 e. The minimum Gasteiger partial charge on any atom is -0.391 e. The van der Waals surface area contributed by atoms with Crippen LogP contribution < -0.4 is 0 Å². The number of likely N-dealkylation sites (tertiary alicyclic amines) is 1. The fraction of sp³-hybridized carbons (Fsp3) is 0.909. The summed E-state index contributed by atoms with van der Waals surface area (Å²) in [5.74, 6) is 1.24. The number of amides is 1. The number of aliphatic hydroxyl groups excluding tert-OH is 1. The summed E-state index contributed by atoms with van der Waals surface area (Å²) in [6.07, 6.45) is 2.78. The molecule has 88 valence electrons. The maximum Gasteiger partial charge on any atom is 0.235 e. The summed E-state index contributed by atoms with van der Waals surface area (Å²) in [6, 6.07) is 0. The molecule has 0 radical (unpaired) electrons. The maximum absolute atomic E-state index is 11.9. The number of carbonyl (C=O) groups excluding carboxylic acids is 1. The zero-order chi connectivity index (χ0) is 11.3. The van der Waals surface area contributed by atoms with Gasteiger partial charge in [-0.15, -0.1) is 11.8 Å². The number of nitrogens with zero attached hydrogens (tertiary/aromatic N) is 1. The highest BCUT2D eigenvalue weighted by molar-refractivity contribution is 8.00. The van der Waals surface area contributed by atoms with E-state index in [1.54, 1.807) is 16.7 Å². The van der Waals surface area contributed by atoms with E-state index in [0.29, 0.717) is 6.54 Å². The average Bonchev–Trinajstić information content (AvgIpc) is 2.64. The molecule has 0 aromatic rings. The maximum atomic E-state index is 11.9. The van der Waals surface area contributed by atoms with Gasteiger partial charge in [0.2, 0.25) is 5.91 Å². The molecule has 15 heavy (non-hydrogen) atoms. The van der Waals surface area contributed by atoms with Crippen LogP contribution in [0.15, 0.2) is 0 Å². The summed E-state index contributed by atoms with van der Waals surface area (Å²) in [6.45, 7) is 5.37. The molecule has 1 aliphatic rings. The molecular weight excluding hydrogens is 210 g/mol. The first-order valence-electron chi connectivity index (χ1n) is 5.73. The van der Waals surface area contributed by atoms with Gasteiger partial charge < -0.3 is 10.0 Å². The number of hydrogen-bond donors (Lipinski definition) is 1. The first-order valence-corrected chi connectivity index (χ1v) is 6.78. The highest BCUT2D eigenvalue weighted by atomic mass is 32.2. The van der Waals surface area contributed by atoms with Crippen LogP contribution in [0.5, 0.6) is 0 Å². The minimum absolute atomic E-state index is 0.0434. The van der Waals surface area contributed by atoms with Gasteiger partial charge >= 0.3 is 0 Å². The number of β-amino-alcohol motifs (C(OH)–C–C–N with tert-alkyl or cyclic N) is 1. The van der Waals surface area contributed by atoms with Crippen molar-refractivity contribution in [3.8, 4) is 0 Å². The summed E-state index contributed by atoms with van der Waals surface area (Å²) in [5, 5.41) is 9.39. The highest BCUT2D eigenvalue weighted by Crippen LogP contribution is 2.18. The third-order valence-electron chi connectivity index (χ3n) is 2.69. The van der Waals surface area contributed by atoms with Crippen molar-refractivity contribution >= 4 is 17.7 Å². The van der Waals surface area contributed by atoms with E-state index in [2.05, 4.69) is 6.92 Å². The number of rotatable bonds is 5. The Hall–Kier alpha value is -0.220. The molecule has 1 amide bonds. The smallest absolute Gasteiger partial charge is 0.235 e. The standard InChI is InChI=1S/C11H21NO2S/c1-3-4-7-15-9(2)11(14)12-6-5-10(13)8-12/h9-10,13H,3-8H2,1-2H3/t9?,10-/m1/s1. The van der Waals surface area contributed by atoms with E-state index >= 15 is 0 Å². The Morgan fingerprint density at radius 3 is 2.93 bits per heavy atom. The molecule has 0 aromatic heterocycles. The Balaban J connectivity index is 2.26. The van der Waals surface area contributed by atoms with E-state index in [9.17, 15) is 9.90 Å². The van der Waals surface area contributed by atoms with Crippen molar-refractivity contribution in [2.45, 2.75) is 44.5 Å². The molecule has 2 atom stereocenters. The molecule has 4 heteroatoms. The third kappa shape index (κ3) is 4.03. The Bertz CT molecular complexity index is 211. The molecule has 1 N–H and O–H groups in total. The van der Waals surface area contributed by atoms with Crippen molar-refractivity contribution in [3.63, 3.8) is 0 Å². The van der Waals surface area contributed by atoms with Crippen molar-refractivity contribution in [3.05, 3.63) is 0 Å². The molecule has 0 bridgehead atoms. The van der Waals surface area contributed by atoms with E-state index in [-0.39, 0.29) is 17.3 Å². The summed E-state index contributed by atoms with van der Waals surface area (Å²) >= 11 is 1.72. The fourth-order valence-electron chi connectivity index (χ4n) is 1.67. The van der Waals surface area contributed by atoms with Gasteiger partial charge in [-0.1, -0.05) is 13.3 Å². The molecule has 1 heterocycles. The van der Waals surface area contributed by atoms with Crippen molar-refractivity contribution < 1.29 is 9.90 Å². The van der Waals surface area contributed by atoms with Crippen LogP contribution in [0.1, 0.15) is 33.1 Å². The SMILES string of the molecule is CCCCSC(C)C(=O)N1CC[C@@H](O)C1. The summed E-state index contributed by atoms with van der Waals surface area (Å²) in [7, 11) is 0. The Morgan fingerprint density at radius 2 is 2.40 bits per heavy atom. The number of unbranched alkanes of at least 4 members (excludes halogenated alkanes) is 1. The second kappa shape index (κ2) is 6.38. The number of thioether (sulfide) groups is 1. The van der Waals surface area contributed by atoms with Crippen molar-refractivity contribution in [2.24, 2.45) is 0 Å². The molecule has 1 saturated heterocycles. The summed E-state index contributed by atoms with van der Waals surface area (Å²) < 4.78 is 0. The van der Waals surface area contributed by atoms with E-state index in [1.807, 2.05) is 6.92 Å². The molecule has 1 unspecified atom stereocenters. The van der Waals surface area contributed by atoms with Gasteiger partial charge in [-0.25, -0.2) is 0 Å². The normalized spacial score (nSPS) is 23.1. The van der Waals surface area contributed by atoms with Crippen LogP contribution in [0.4, 0.5) is 0 Å². The van der Waals surface area contributed by atoms with Crippen LogP contribution in [-0.2, 0) is 4.79 Å². The van der Waals surface area contributed by atoms with Gasteiger partial charge in [-0.3, -0.25) is 4.79 Å². The van der Waals surface area contributed by atoms with Gasteiger partial charge in [0.15, 0.2) is 0 Å². The van der Waals surface area contributed by atoms with Gasteiger partial charge in [0, 0.05) is 13.1 Å². The number of aliphatic hydroxyl groups is 1. The Kier molecular flexibility index (Phi) is 5.47. The lowest BCUT2D eigenvalue weighted by molar-refractivity contribution is -0.129. The predicted octanol–water partition coefficient (Wildman–Crippen LogP) is 1.50. The van der Waals surface area contributed by atoms with Crippen LogP contribution in [0, 0.1) is 0 Å². The minimum atomic E-state index is -0.304. The van der Waals surface area contributed by atoms with Gasteiger partial charge in [0.25, 0.3) is 0 Å². The molecule has 1 rings (SSSR count). The molecule has 3 nitrogen and oxygen atoms in total. The topological polar surface area (TPSA) is 40.5 Å². The van der Waals surface area contributed by atoms with Crippen molar-refractivity contribution in [1.82, 2.24) is 4.90 Å². The lowest BCUT2D eigenvalue weighted by atomic mass is 10.3. The van der Waals surface area contributed by atoms with Gasteiger partial charge in [-0.2, -0.15) is 0 Å². The van der Waals surface area contributed by atoms with E-state index in [0.717, 1.165) is 18.7 Å². The zero-order valence-corrected chi connectivity index (χ0v) is 10.4. The second-order valence-electron chi connectivity index (χ2n) is 4.09. The summed E-state index contributed by atoms with van der Waals surface area (Å²) in [5.41, 5.74) is 0. The number of carbonyl (C=O) groups is 1. The van der Waals surface area contributed by atoms with Crippen LogP contribution >= 0.6 is 11.8 Å². The van der Waals surface area contributed by atoms with Crippen LogP contribution in [0.3, 0.4) is 0 Å². The van der Waals surface area contributed by atoms with E-state index in [1.165, 1.54) is 12.8 Å². The fourth-order valence-corrected chi connectivity index (χ4v) is 2.78. The zero-order valence-electron chi connectivity index (χ0n) is 9.61. The lowest BCUT2D eigenvalue weighted by Gasteiger charge is -2.19. The lowest BCUT2D eigenvalue weighted by Crippen LogP contribution is -2.35. The molecule has 0 aliphatic carbocycles. The second-order valence-corrected chi connectivity index (χ2v) is 5.54. The molecular formula is C11H21NO2S. The van der Waals surface area contributed by atoms with E-state index < -0.39 is 0 Å². The Morgan fingerprint density at radius 1 is 1.67 bits per heavy atom. The van der Waals surface area contributed by atoms with Crippen LogP contribution in [-0.4, -0.2) is 46.1 Å². The van der Waals surface area contributed by atoms with Crippen LogP contribution in [0.2, 0.25) is 0 Å². The van der Waals surface area contributed by atoms with Crippen molar-refractivity contribution in [1.29, 1.82) is 0 Å². The molecule has 0 spiro atoms. The quantitative estimate of drug-likeness (QED) is 0.729. The first kappa shape index (κ1) is 12.8. The van der Waals surface area contributed by atoms with Gasteiger partial charge in [-0.05, 0) is 25.5 Å². The number of hydrogen-bond acceptors (Lipinski definition) is 3.